The number of aromatic nitrogens is 3. The number of nitrogens with zero attached hydrogens (tertiary/aromatic N) is 1. The van der Waals surface area contributed by atoms with Gasteiger partial charge in [-0.3, -0.25) is 4.79 Å². The van der Waals surface area contributed by atoms with Crippen molar-refractivity contribution in [3.63, 3.8) is 0 Å². The van der Waals surface area contributed by atoms with Crippen molar-refractivity contribution >= 4 is 11.0 Å². The molecule has 0 unspecified atom stereocenters. The molecule has 0 saturated carbocycles. The largest absolute Gasteiger partial charge is 0.337 e. The lowest BCUT2D eigenvalue weighted by molar-refractivity contribution is 0.999. The topological polar surface area (TPSA) is 61.5 Å². The Bertz CT molecular complexity index is 495. The zero-order chi connectivity index (χ0) is 9.42. The van der Waals surface area contributed by atoms with E-state index in [-0.39, 0.29) is 5.56 Å². The Kier molecular flexibility index (Phi) is 1.69. The van der Waals surface area contributed by atoms with E-state index in [9.17, 15) is 4.79 Å². The first-order valence-corrected chi connectivity index (χ1v) is 4.29. The van der Waals surface area contributed by atoms with Crippen LogP contribution in [0, 0.1) is 6.92 Å². The number of hydrogen-bond donors (Lipinski definition) is 2. The van der Waals surface area contributed by atoms with Gasteiger partial charge in [-0.2, -0.15) is 0 Å². The number of H-pyrrole nitrogens is 2. The Morgan fingerprint density at radius 2 is 2.31 bits per heavy atom. The second-order valence-corrected chi connectivity index (χ2v) is 3.06. The number of hydrogen-bond acceptors (Lipinski definition) is 2. The summed E-state index contributed by atoms with van der Waals surface area (Å²) in [6.07, 6.45) is 2.50. The summed E-state index contributed by atoms with van der Waals surface area (Å²) in [6.45, 7) is 3.93. The summed E-state index contributed by atoms with van der Waals surface area (Å²) in [5, 5.41) is 0. The third-order valence-corrected chi connectivity index (χ3v) is 2.11. The van der Waals surface area contributed by atoms with E-state index in [1.54, 1.807) is 6.20 Å². The third-order valence-electron chi connectivity index (χ3n) is 2.11. The van der Waals surface area contributed by atoms with Crippen molar-refractivity contribution in [3.05, 3.63) is 27.9 Å². The lowest BCUT2D eigenvalue weighted by atomic mass is 10.3. The molecule has 4 nitrogen and oxygen atoms in total. The van der Waals surface area contributed by atoms with Gasteiger partial charge in [0.2, 0.25) is 0 Å². The van der Waals surface area contributed by atoms with Crippen LogP contribution in [0.1, 0.15) is 18.3 Å². The molecule has 0 aliphatic rings. The van der Waals surface area contributed by atoms with Gasteiger partial charge in [0, 0.05) is 12.6 Å². The maximum Gasteiger partial charge on any atom is 0.273 e. The van der Waals surface area contributed by atoms with Gasteiger partial charge in [-0.1, -0.05) is 6.92 Å². The molecule has 0 radical (unpaired) electrons. The number of aryl methyl sites for hydroxylation is 2. The van der Waals surface area contributed by atoms with Crippen LogP contribution >= 0.6 is 0 Å². The zero-order valence-electron chi connectivity index (χ0n) is 7.64. The molecule has 68 valence electrons. The van der Waals surface area contributed by atoms with Crippen LogP contribution in [0.4, 0.5) is 0 Å². The first-order valence-electron chi connectivity index (χ1n) is 4.29. The maximum absolute atomic E-state index is 11.3. The molecular weight excluding hydrogens is 166 g/mol. The van der Waals surface area contributed by atoms with Crippen LogP contribution in [-0.4, -0.2) is 15.0 Å². The fourth-order valence-electron chi connectivity index (χ4n) is 1.35. The number of imidazole rings is 1. The van der Waals surface area contributed by atoms with E-state index in [2.05, 4.69) is 15.0 Å². The van der Waals surface area contributed by atoms with E-state index in [0.29, 0.717) is 5.52 Å². The van der Waals surface area contributed by atoms with Gasteiger partial charge in [0.15, 0.2) is 0 Å². The SMILES string of the molecule is CCc1nc2c(C)c[nH]c(=O)c2[nH]1. The summed E-state index contributed by atoms with van der Waals surface area (Å²) in [7, 11) is 0. The molecule has 0 aliphatic carbocycles. The van der Waals surface area contributed by atoms with Crippen LogP contribution in [-0.2, 0) is 6.42 Å². The summed E-state index contributed by atoms with van der Waals surface area (Å²) in [5.74, 6) is 0.856. The van der Waals surface area contributed by atoms with Gasteiger partial charge in [0.25, 0.3) is 5.56 Å². The second-order valence-electron chi connectivity index (χ2n) is 3.06. The average molecular weight is 177 g/mol. The molecule has 0 fully saturated rings. The lowest BCUT2D eigenvalue weighted by Crippen LogP contribution is -2.05. The normalized spacial score (nSPS) is 10.9. The molecule has 2 heterocycles. The molecular formula is C9H11N3O. The Morgan fingerprint density at radius 1 is 1.54 bits per heavy atom. The zero-order valence-corrected chi connectivity index (χ0v) is 7.64. The van der Waals surface area contributed by atoms with Crippen molar-refractivity contribution in [2.24, 2.45) is 0 Å². The van der Waals surface area contributed by atoms with Gasteiger partial charge in [0.05, 0.1) is 5.52 Å². The van der Waals surface area contributed by atoms with Gasteiger partial charge in [0.1, 0.15) is 11.3 Å². The standard InChI is InChI=1S/C9H11N3O/c1-3-6-11-7-5(2)4-10-9(13)8(7)12-6/h4H,3H2,1-2H3,(H,10,13)(H,11,12). The van der Waals surface area contributed by atoms with Gasteiger partial charge in [-0.25, -0.2) is 4.98 Å². The molecule has 0 spiro atoms. The molecule has 2 aromatic heterocycles. The number of nitrogens with one attached hydrogen (secondary N) is 2. The smallest absolute Gasteiger partial charge is 0.273 e. The minimum atomic E-state index is -0.104. The molecule has 2 aromatic rings. The minimum Gasteiger partial charge on any atom is -0.337 e. The molecule has 13 heavy (non-hydrogen) atoms. The van der Waals surface area contributed by atoms with E-state index < -0.39 is 0 Å². The predicted molar refractivity (Wildman–Crippen MR) is 50.8 cm³/mol. The van der Waals surface area contributed by atoms with E-state index in [4.69, 9.17) is 0 Å². The lowest BCUT2D eigenvalue weighted by Gasteiger charge is -1.90. The van der Waals surface area contributed by atoms with Crippen molar-refractivity contribution in [1.82, 2.24) is 15.0 Å². The fourth-order valence-corrected chi connectivity index (χ4v) is 1.35. The highest BCUT2D eigenvalue weighted by Gasteiger charge is 2.06. The third kappa shape index (κ3) is 1.14. The van der Waals surface area contributed by atoms with Crippen LogP contribution in [0.5, 0.6) is 0 Å². The Balaban J connectivity index is 2.88. The monoisotopic (exact) mass is 177 g/mol. The second kappa shape index (κ2) is 2.73. The van der Waals surface area contributed by atoms with Crippen molar-refractivity contribution in [1.29, 1.82) is 0 Å². The van der Waals surface area contributed by atoms with Crippen molar-refractivity contribution in [3.8, 4) is 0 Å². The fraction of sp³-hybridized carbons (Fsp3) is 0.333. The minimum absolute atomic E-state index is 0.104. The molecule has 0 aromatic carbocycles. The van der Waals surface area contributed by atoms with Crippen LogP contribution in [0.3, 0.4) is 0 Å². The van der Waals surface area contributed by atoms with Crippen LogP contribution in [0.15, 0.2) is 11.0 Å². The Morgan fingerprint density at radius 3 is 2.92 bits per heavy atom. The first-order chi connectivity index (χ1) is 6.22. The molecule has 0 atom stereocenters. The van der Waals surface area contributed by atoms with Gasteiger partial charge >= 0.3 is 0 Å². The van der Waals surface area contributed by atoms with Gasteiger partial charge < -0.3 is 9.97 Å². The van der Waals surface area contributed by atoms with Crippen LogP contribution in [0.25, 0.3) is 11.0 Å². The van der Waals surface area contributed by atoms with E-state index in [1.165, 1.54) is 0 Å². The Hall–Kier alpha value is -1.58. The highest BCUT2D eigenvalue weighted by Crippen LogP contribution is 2.10. The summed E-state index contributed by atoms with van der Waals surface area (Å²) in [4.78, 5) is 21.3. The predicted octanol–water partition coefficient (Wildman–Crippen LogP) is 1.12. The van der Waals surface area contributed by atoms with Gasteiger partial charge in [-0.15, -0.1) is 0 Å². The Labute approximate surface area is 75.0 Å². The average Bonchev–Trinajstić information content (AvgIpc) is 2.56. The van der Waals surface area contributed by atoms with Crippen LogP contribution in [0.2, 0.25) is 0 Å². The summed E-state index contributed by atoms with van der Waals surface area (Å²) < 4.78 is 0. The molecule has 2 N–H and O–H groups in total. The number of aromatic amines is 2. The van der Waals surface area contributed by atoms with Crippen molar-refractivity contribution in [2.45, 2.75) is 20.3 Å². The first kappa shape index (κ1) is 8.04. The van der Waals surface area contributed by atoms with Crippen LogP contribution < -0.4 is 5.56 Å². The highest BCUT2D eigenvalue weighted by atomic mass is 16.1. The molecule has 4 heteroatoms. The maximum atomic E-state index is 11.3. The number of fused-ring (bicyclic) bond motifs is 1. The van der Waals surface area contributed by atoms with Gasteiger partial charge in [-0.05, 0) is 12.5 Å². The molecule has 2 rings (SSSR count). The van der Waals surface area contributed by atoms with Crippen molar-refractivity contribution in [2.75, 3.05) is 0 Å². The van der Waals surface area contributed by atoms with E-state index in [1.807, 2.05) is 13.8 Å². The summed E-state index contributed by atoms with van der Waals surface area (Å²) >= 11 is 0. The summed E-state index contributed by atoms with van der Waals surface area (Å²) in [5.41, 5.74) is 2.25. The number of pyridine rings is 1. The quantitative estimate of drug-likeness (QED) is 0.685. The molecule has 0 aliphatic heterocycles. The summed E-state index contributed by atoms with van der Waals surface area (Å²) in [6, 6.07) is 0. The van der Waals surface area contributed by atoms with E-state index >= 15 is 0 Å². The highest BCUT2D eigenvalue weighted by molar-refractivity contribution is 5.77. The number of rotatable bonds is 1. The van der Waals surface area contributed by atoms with Crippen molar-refractivity contribution < 1.29 is 0 Å². The molecule has 0 bridgehead atoms. The molecule has 0 amide bonds. The molecule has 0 saturated heterocycles. The van der Waals surface area contributed by atoms with E-state index in [0.717, 1.165) is 23.3 Å².